The molecule has 29 heavy (non-hydrogen) atoms. The molecule has 1 aromatic heterocycles. The molecule has 0 spiro atoms. The van der Waals surface area contributed by atoms with Crippen molar-refractivity contribution in [1.29, 1.82) is 0 Å². The molecule has 3 aromatic carbocycles. The number of carboxylic acid groups (broad SMARTS) is 1. The molecule has 6 nitrogen and oxygen atoms in total. The number of hydrogen-bond acceptors (Lipinski definition) is 3. The normalized spacial score (nSPS) is 11.1. The summed E-state index contributed by atoms with van der Waals surface area (Å²) in [5.41, 5.74) is 5.30. The highest BCUT2D eigenvalue weighted by molar-refractivity contribution is 5.92. The van der Waals surface area contributed by atoms with Crippen LogP contribution in [-0.2, 0) is 0 Å². The van der Waals surface area contributed by atoms with Crippen LogP contribution in [0.1, 0.15) is 11.3 Å². The van der Waals surface area contributed by atoms with Gasteiger partial charge in [-0.1, -0.05) is 42.5 Å². The minimum absolute atomic E-state index is 0.526. The van der Waals surface area contributed by atoms with Gasteiger partial charge in [0.1, 0.15) is 0 Å². The molecule has 0 saturated heterocycles. The molecule has 6 heteroatoms. The third kappa shape index (κ3) is 4.11. The smallest absolute Gasteiger partial charge is 0.409 e. The number of carbonyl (C=O) groups is 1. The number of H-pyrrole nitrogens is 1. The number of fused-ring (bicyclic) bond motifs is 1. The van der Waals surface area contributed by atoms with Crippen molar-refractivity contribution in [3.63, 3.8) is 0 Å². The van der Waals surface area contributed by atoms with Crippen molar-refractivity contribution in [2.45, 2.75) is 0 Å². The molecule has 4 rings (SSSR count). The summed E-state index contributed by atoms with van der Waals surface area (Å²) >= 11 is 0. The quantitative estimate of drug-likeness (QED) is 0.419. The van der Waals surface area contributed by atoms with Gasteiger partial charge in [0.05, 0.1) is 11.2 Å². The largest absolute Gasteiger partial charge is 0.465 e. The Hall–Kier alpha value is -4.06. The molecule has 1 amide bonds. The van der Waals surface area contributed by atoms with E-state index in [-0.39, 0.29) is 0 Å². The molecular weight excluding hydrogens is 364 g/mol. The number of hydrogen-bond donors (Lipinski definition) is 3. The summed E-state index contributed by atoms with van der Waals surface area (Å²) in [7, 11) is 1.94. The fourth-order valence-corrected chi connectivity index (χ4v) is 3.17. The van der Waals surface area contributed by atoms with E-state index >= 15 is 0 Å². The van der Waals surface area contributed by atoms with Crippen molar-refractivity contribution < 1.29 is 9.90 Å². The molecule has 0 aliphatic rings. The van der Waals surface area contributed by atoms with Gasteiger partial charge in [0.15, 0.2) is 0 Å². The Bertz CT molecular complexity index is 1180. The Labute approximate surface area is 168 Å². The Morgan fingerprint density at radius 2 is 1.79 bits per heavy atom. The van der Waals surface area contributed by atoms with Gasteiger partial charge in [0.2, 0.25) is 0 Å². The highest BCUT2D eigenvalue weighted by atomic mass is 16.4. The number of rotatable bonds is 5. The molecule has 0 bridgehead atoms. The maximum atomic E-state index is 10.9. The van der Waals surface area contributed by atoms with Gasteiger partial charge in [-0.25, -0.2) is 4.79 Å². The molecule has 0 fully saturated rings. The van der Waals surface area contributed by atoms with Crippen molar-refractivity contribution >= 4 is 46.2 Å². The average molecular weight is 384 g/mol. The first-order valence-corrected chi connectivity index (χ1v) is 9.15. The first-order valence-electron chi connectivity index (χ1n) is 9.15. The van der Waals surface area contributed by atoms with Gasteiger partial charge in [-0.15, -0.1) is 0 Å². The summed E-state index contributed by atoms with van der Waals surface area (Å²) < 4.78 is 0. The second kappa shape index (κ2) is 7.90. The van der Waals surface area contributed by atoms with Gasteiger partial charge in [-0.05, 0) is 48.0 Å². The van der Waals surface area contributed by atoms with E-state index in [1.165, 1.54) is 0 Å². The summed E-state index contributed by atoms with van der Waals surface area (Å²) in [6.45, 7) is 0. The molecule has 0 aliphatic heterocycles. The number of nitrogens with zero attached hydrogens (tertiary/aromatic N) is 2. The van der Waals surface area contributed by atoms with Crippen LogP contribution in [0.2, 0.25) is 0 Å². The Morgan fingerprint density at radius 1 is 1.00 bits per heavy atom. The third-order valence-electron chi connectivity index (χ3n) is 4.68. The zero-order chi connectivity index (χ0) is 20.2. The van der Waals surface area contributed by atoms with Gasteiger partial charge in [-0.2, -0.15) is 5.10 Å². The maximum absolute atomic E-state index is 10.9. The topological polar surface area (TPSA) is 81.2 Å². The zero-order valence-corrected chi connectivity index (χ0v) is 15.8. The second-order valence-corrected chi connectivity index (χ2v) is 6.62. The van der Waals surface area contributed by atoms with Crippen LogP contribution < -0.4 is 10.2 Å². The van der Waals surface area contributed by atoms with Crippen LogP contribution in [0.15, 0.2) is 72.8 Å². The van der Waals surface area contributed by atoms with Crippen LogP contribution in [0.3, 0.4) is 0 Å². The first kappa shape index (κ1) is 18.3. The van der Waals surface area contributed by atoms with E-state index in [9.17, 15) is 4.79 Å². The van der Waals surface area contributed by atoms with Gasteiger partial charge in [-0.3, -0.25) is 10.4 Å². The van der Waals surface area contributed by atoms with E-state index < -0.39 is 6.09 Å². The van der Waals surface area contributed by atoms with E-state index in [1.807, 2.05) is 84.8 Å². The van der Waals surface area contributed by atoms with Gasteiger partial charge in [0, 0.05) is 29.5 Å². The van der Waals surface area contributed by atoms with E-state index in [0.717, 1.165) is 33.5 Å². The van der Waals surface area contributed by atoms with Gasteiger partial charge >= 0.3 is 6.09 Å². The predicted octanol–water partition coefficient (Wildman–Crippen LogP) is 5.59. The lowest BCUT2D eigenvalue weighted by atomic mass is 10.1. The molecule has 3 N–H and O–H groups in total. The minimum Gasteiger partial charge on any atom is -0.465 e. The molecular formula is C23H20N4O2. The lowest BCUT2D eigenvalue weighted by Crippen LogP contribution is -2.11. The third-order valence-corrected chi connectivity index (χ3v) is 4.68. The van der Waals surface area contributed by atoms with Crippen LogP contribution in [0, 0.1) is 0 Å². The van der Waals surface area contributed by atoms with E-state index in [2.05, 4.69) is 15.5 Å². The monoisotopic (exact) mass is 384 g/mol. The standard InChI is InChI=1S/C23H20N4O2/c1-27(18-9-5-8-17(14-18)24-23(28)29)19-11-12-20-21(25-26-22(20)15-19)13-10-16-6-3-2-4-7-16/h2-15,24H,1H3,(H,25,26)(H,28,29)/b13-10+. The molecule has 4 aromatic rings. The van der Waals surface area contributed by atoms with Crippen molar-refractivity contribution in [3.05, 3.63) is 84.1 Å². The van der Waals surface area contributed by atoms with Crippen LogP contribution in [0.4, 0.5) is 21.9 Å². The number of aromatic nitrogens is 2. The van der Waals surface area contributed by atoms with Crippen molar-refractivity contribution in [3.8, 4) is 0 Å². The number of amides is 1. The highest BCUT2D eigenvalue weighted by Gasteiger charge is 2.09. The lowest BCUT2D eigenvalue weighted by Gasteiger charge is -2.20. The Morgan fingerprint density at radius 3 is 2.59 bits per heavy atom. The fraction of sp³-hybridized carbons (Fsp3) is 0.0435. The molecule has 0 aliphatic carbocycles. The van der Waals surface area contributed by atoms with E-state index in [4.69, 9.17) is 5.11 Å². The summed E-state index contributed by atoms with van der Waals surface area (Å²) in [4.78, 5) is 12.9. The minimum atomic E-state index is -1.08. The van der Waals surface area contributed by atoms with Crippen molar-refractivity contribution in [2.24, 2.45) is 0 Å². The fourth-order valence-electron chi connectivity index (χ4n) is 3.17. The molecule has 0 unspecified atom stereocenters. The number of benzene rings is 3. The van der Waals surface area contributed by atoms with Crippen molar-refractivity contribution in [1.82, 2.24) is 10.2 Å². The number of aromatic amines is 1. The zero-order valence-electron chi connectivity index (χ0n) is 15.8. The highest BCUT2D eigenvalue weighted by Crippen LogP contribution is 2.29. The van der Waals surface area contributed by atoms with Crippen LogP contribution in [-0.4, -0.2) is 28.4 Å². The summed E-state index contributed by atoms with van der Waals surface area (Å²) in [6.07, 6.45) is 2.95. The van der Waals surface area contributed by atoms with Gasteiger partial charge in [0.25, 0.3) is 0 Å². The SMILES string of the molecule is CN(c1cccc(NC(=O)O)c1)c1ccc2c(/C=C/c3ccccc3)n[nH]c2c1. The molecule has 1 heterocycles. The van der Waals surface area contributed by atoms with Crippen molar-refractivity contribution in [2.75, 3.05) is 17.3 Å². The van der Waals surface area contributed by atoms with E-state index in [1.54, 1.807) is 12.1 Å². The molecule has 0 radical (unpaired) electrons. The first-order chi connectivity index (χ1) is 14.1. The van der Waals surface area contributed by atoms with E-state index in [0.29, 0.717) is 5.69 Å². The number of nitrogens with one attached hydrogen (secondary N) is 2. The number of anilines is 3. The van der Waals surface area contributed by atoms with Crippen LogP contribution in [0.5, 0.6) is 0 Å². The van der Waals surface area contributed by atoms with Crippen LogP contribution >= 0.6 is 0 Å². The molecule has 144 valence electrons. The lowest BCUT2D eigenvalue weighted by molar-refractivity contribution is 0.210. The Balaban J connectivity index is 1.60. The summed E-state index contributed by atoms with van der Waals surface area (Å²) in [5, 5.41) is 19.8. The summed E-state index contributed by atoms with van der Waals surface area (Å²) in [5.74, 6) is 0. The molecule has 0 saturated carbocycles. The average Bonchev–Trinajstić information content (AvgIpc) is 3.14. The predicted molar refractivity (Wildman–Crippen MR) is 118 cm³/mol. The van der Waals surface area contributed by atoms with Gasteiger partial charge < -0.3 is 10.0 Å². The summed E-state index contributed by atoms with van der Waals surface area (Å²) in [6, 6.07) is 23.4. The van der Waals surface area contributed by atoms with Crippen LogP contribution in [0.25, 0.3) is 23.1 Å². The Kier molecular flexibility index (Phi) is 4.99. The molecule has 0 atom stereocenters. The maximum Gasteiger partial charge on any atom is 0.409 e. The second-order valence-electron chi connectivity index (χ2n) is 6.62.